The van der Waals surface area contributed by atoms with Gasteiger partial charge in [0.2, 0.25) is 0 Å². The molecule has 0 heterocycles. The largest absolute Gasteiger partial charge is 0.390 e. The van der Waals surface area contributed by atoms with Crippen LogP contribution in [0.25, 0.3) is 0 Å². The summed E-state index contributed by atoms with van der Waals surface area (Å²) in [4.78, 5) is 13.3. The zero-order valence-corrected chi connectivity index (χ0v) is 21.9. The molecule has 6 heteroatoms. The minimum Gasteiger partial charge on any atom is -0.390 e. The molecule has 6 nitrogen and oxygen atoms in total. The first-order chi connectivity index (χ1) is 15.7. The van der Waals surface area contributed by atoms with Gasteiger partial charge in [-0.3, -0.25) is 4.79 Å². The van der Waals surface area contributed by atoms with Crippen molar-refractivity contribution in [3.63, 3.8) is 0 Å². The third-order valence-corrected chi connectivity index (χ3v) is 11.7. The maximum Gasteiger partial charge on any atom is 0.136 e. The summed E-state index contributed by atoms with van der Waals surface area (Å²) in [5.74, 6) is 0.705. The molecule has 0 amide bonds. The Balaban J connectivity index is 1.60. The Morgan fingerprint density at radius 2 is 1.59 bits per heavy atom. The number of rotatable bonds is 5. The Hall–Kier alpha value is -0.530. The Morgan fingerprint density at radius 1 is 0.971 bits per heavy atom. The molecule has 34 heavy (non-hydrogen) atoms. The first-order valence-electron chi connectivity index (χ1n) is 13.6. The van der Waals surface area contributed by atoms with Crippen LogP contribution < -0.4 is 0 Å². The van der Waals surface area contributed by atoms with Crippen molar-refractivity contribution in [2.45, 2.75) is 117 Å². The van der Waals surface area contributed by atoms with Gasteiger partial charge in [0.1, 0.15) is 11.9 Å². The van der Waals surface area contributed by atoms with E-state index in [1.807, 2.05) is 20.8 Å². The van der Waals surface area contributed by atoms with Crippen LogP contribution in [0, 0.1) is 52.3 Å². The topological polar surface area (TPSA) is 118 Å². The Labute approximate surface area is 205 Å². The fourth-order valence-electron chi connectivity index (χ4n) is 9.26. The van der Waals surface area contributed by atoms with Crippen LogP contribution in [0.5, 0.6) is 0 Å². The fraction of sp³-hybridized carbons (Fsp3) is 0.964. The third kappa shape index (κ3) is 3.82. The van der Waals surface area contributed by atoms with E-state index in [-0.39, 0.29) is 52.1 Å². The van der Waals surface area contributed by atoms with Crippen molar-refractivity contribution in [2.75, 3.05) is 0 Å². The summed E-state index contributed by atoms with van der Waals surface area (Å²) >= 11 is 0. The summed E-state index contributed by atoms with van der Waals surface area (Å²) in [6.45, 7) is 12.0. The van der Waals surface area contributed by atoms with Crippen LogP contribution in [-0.2, 0) is 4.79 Å². The molecule has 4 fully saturated rings. The van der Waals surface area contributed by atoms with Gasteiger partial charge in [0.25, 0.3) is 0 Å². The molecule has 4 aliphatic carbocycles. The van der Waals surface area contributed by atoms with E-state index in [2.05, 4.69) is 13.8 Å². The van der Waals surface area contributed by atoms with Gasteiger partial charge >= 0.3 is 0 Å². The normalized spacial score (nSPS) is 48.9. The highest BCUT2D eigenvalue weighted by molar-refractivity contribution is 5.83. The lowest BCUT2D eigenvalue weighted by atomic mass is 9.43. The lowest BCUT2D eigenvalue weighted by Crippen LogP contribution is -2.61. The van der Waals surface area contributed by atoms with Gasteiger partial charge in [0.15, 0.2) is 0 Å². The van der Waals surface area contributed by atoms with Crippen molar-refractivity contribution in [1.29, 1.82) is 0 Å². The van der Waals surface area contributed by atoms with E-state index in [0.29, 0.717) is 25.2 Å². The van der Waals surface area contributed by atoms with Crippen molar-refractivity contribution >= 4 is 5.78 Å². The lowest BCUT2D eigenvalue weighted by molar-refractivity contribution is -0.196. The number of aliphatic hydroxyl groups excluding tert-OH is 4. The van der Waals surface area contributed by atoms with Gasteiger partial charge in [-0.2, -0.15) is 0 Å². The van der Waals surface area contributed by atoms with Crippen LogP contribution in [0.2, 0.25) is 0 Å². The number of hydrogen-bond acceptors (Lipinski definition) is 6. The standard InChI is InChI=1S/C28H48O6/c1-14(2)15(3)24(32)25(33)28(6,34)23-8-7-17-16-11-20(29)19-12-21(30)22(31)13-27(19,5)18(16)9-10-26(17,23)4/h14-19,21-25,30-34H,7-13H2,1-6H3/t15-,16-,17-,18-,19+,21-,22+,23-,24+,25-,26-,27+,28+/m0/s1. The predicted octanol–water partition coefficient (Wildman–Crippen LogP) is 2.92. The Kier molecular flexibility index (Phi) is 6.86. The highest BCUT2D eigenvalue weighted by Crippen LogP contribution is 2.68. The molecular weight excluding hydrogens is 432 g/mol. The molecule has 196 valence electrons. The molecule has 4 saturated carbocycles. The van der Waals surface area contributed by atoms with Crippen molar-refractivity contribution < 1.29 is 30.3 Å². The second-order valence-electron chi connectivity index (χ2n) is 13.6. The van der Waals surface area contributed by atoms with E-state index in [4.69, 9.17) is 0 Å². The van der Waals surface area contributed by atoms with E-state index in [1.54, 1.807) is 6.92 Å². The summed E-state index contributed by atoms with van der Waals surface area (Å²) in [5.41, 5.74) is -1.94. The van der Waals surface area contributed by atoms with E-state index in [9.17, 15) is 30.3 Å². The first kappa shape index (κ1) is 26.5. The second-order valence-corrected chi connectivity index (χ2v) is 13.6. The van der Waals surface area contributed by atoms with Crippen LogP contribution >= 0.6 is 0 Å². The molecule has 5 N–H and O–H groups in total. The van der Waals surface area contributed by atoms with Crippen LogP contribution in [0.3, 0.4) is 0 Å². The molecule has 13 atom stereocenters. The van der Waals surface area contributed by atoms with Gasteiger partial charge < -0.3 is 25.5 Å². The number of aliphatic hydroxyl groups is 5. The van der Waals surface area contributed by atoms with Gasteiger partial charge in [-0.1, -0.05) is 34.6 Å². The molecule has 0 aromatic rings. The van der Waals surface area contributed by atoms with Gasteiger partial charge in [-0.05, 0) is 91.8 Å². The van der Waals surface area contributed by atoms with E-state index >= 15 is 0 Å². The monoisotopic (exact) mass is 480 g/mol. The zero-order valence-electron chi connectivity index (χ0n) is 21.9. The van der Waals surface area contributed by atoms with Crippen LogP contribution in [0.4, 0.5) is 0 Å². The maximum absolute atomic E-state index is 13.3. The SMILES string of the molecule is CC(C)[C@H](C)[C@@H](O)[C@H](O)[C@](C)(O)[C@H]1CC[C@H]2[C@@H]3CC(=O)[C@H]4C[C@H](O)[C@H](O)C[C@]4(C)[C@H]3CC[C@]12C. The summed E-state index contributed by atoms with van der Waals surface area (Å²) < 4.78 is 0. The lowest BCUT2D eigenvalue weighted by Gasteiger charge is -2.61. The smallest absolute Gasteiger partial charge is 0.136 e. The van der Waals surface area contributed by atoms with Gasteiger partial charge in [0, 0.05) is 12.3 Å². The van der Waals surface area contributed by atoms with Gasteiger partial charge in [-0.15, -0.1) is 0 Å². The van der Waals surface area contributed by atoms with Crippen LogP contribution in [0.15, 0.2) is 0 Å². The number of Topliss-reactive ketones (excluding diaryl/α,β-unsaturated/α-hetero) is 1. The maximum atomic E-state index is 13.3. The van der Waals surface area contributed by atoms with Crippen molar-refractivity contribution in [2.24, 2.45) is 52.3 Å². The minimum absolute atomic E-state index is 0.136. The number of carbonyl (C=O) groups is 1. The molecule has 0 aromatic heterocycles. The summed E-state index contributed by atoms with van der Waals surface area (Å²) in [6.07, 6.45) is 1.01. The molecule has 0 spiro atoms. The van der Waals surface area contributed by atoms with Crippen molar-refractivity contribution in [1.82, 2.24) is 0 Å². The molecule has 0 radical (unpaired) electrons. The molecular formula is C28H48O6. The number of ketones is 1. The average molecular weight is 481 g/mol. The van der Waals surface area contributed by atoms with Gasteiger partial charge in [-0.25, -0.2) is 0 Å². The average Bonchev–Trinajstić information content (AvgIpc) is 3.12. The molecule has 4 aliphatic rings. The number of fused-ring (bicyclic) bond motifs is 5. The summed E-state index contributed by atoms with van der Waals surface area (Å²) in [7, 11) is 0. The van der Waals surface area contributed by atoms with Crippen molar-refractivity contribution in [3.8, 4) is 0 Å². The van der Waals surface area contributed by atoms with Crippen LogP contribution in [-0.4, -0.2) is 61.3 Å². The van der Waals surface area contributed by atoms with E-state index in [1.165, 1.54) is 0 Å². The van der Waals surface area contributed by atoms with E-state index < -0.39 is 30.0 Å². The third-order valence-electron chi connectivity index (χ3n) is 11.7. The molecule has 0 aliphatic heterocycles. The highest BCUT2D eigenvalue weighted by Gasteiger charge is 2.65. The molecule has 0 bridgehead atoms. The molecule has 0 aromatic carbocycles. The number of carbonyl (C=O) groups excluding carboxylic acids is 1. The second kappa shape index (κ2) is 8.79. The first-order valence-corrected chi connectivity index (χ1v) is 13.6. The minimum atomic E-state index is -1.42. The summed E-state index contributed by atoms with van der Waals surface area (Å²) in [6, 6.07) is 0. The zero-order chi connectivity index (χ0) is 25.4. The van der Waals surface area contributed by atoms with E-state index in [0.717, 1.165) is 25.7 Å². The molecule has 0 saturated heterocycles. The Bertz CT molecular complexity index is 781. The summed E-state index contributed by atoms with van der Waals surface area (Å²) in [5, 5.41) is 54.5. The number of hydrogen-bond donors (Lipinski definition) is 5. The van der Waals surface area contributed by atoms with Crippen LogP contribution in [0.1, 0.15) is 86.5 Å². The molecule has 0 unspecified atom stereocenters. The quantitative estimate of drug-likeness (QED) is 0.413. The highest BCUT2D eigenvalue weighted by atomic mass is 16.4. The Morgan fingerprint density at radius 3 is 2.21 bits per heavy atom. The fourth-order valence-corrected chi connectivity index (χ4v) is 9.26. The van der Waals surface area contributed by atoms with Gasteiger partial charge in [0.05, 0.1) is 23.9 Å². The molecule has 4 rings (SSSR count). The predicted molar refractivity (Wildman–Crippen MR) is 130 cm³/mol. The van der Waals surface area contributed by atoms with Crippen molar-refractivity contribution in [3.05, 3.63) is 0 Å².